The van der Waals surface area contributed by atoms with E-state index in [0.717, 1.165) is 67.3 Å². The second-order valence-electron chi connectivity index (χ2n) is 15.3. The molecule has 12 rings (SSSR count). The van der Waals surface area contributed by atoms with Gasteiger partial charge in [-0.1, -0.05) is 122 Å². The summed E-state index contributed by atoms with van der Waals surface area (Å²) >= 11 is 0. The molecular weight excluding hydrogens is 711 g/mol. The number of fused-ring (bicyclic) bond motifs is 9. The third-order valence-corrected chi connectivity index (χ3v) is 11.8. The topological polar surface area (TPSA) is 61.7 Å². The molecule has 58 heavy (non-hydrogen) atoms. The van der Waals surface area contributed by atoms with E-state index in [-0.39, 0.29) is 5.92 Å². The molecule has 0 saturated heterocycles. The van der Waals surface area contributed by atoms with Crippen LogP contribution in [0.4, 0.5) is 0 Å². The van der Waals surface area contributed by atoms with Crippen molar-refractivity contribution < 1.29 is 4.42 Å². The van der Waals surface area contributed by atoms with Crippen LogP contribution in [0.3, 0.4) is 0 Å². The van der Waals surface area contributed by atoms with Gasteiger partial charge in [0.05, 0.1) is 16.6 Å². The van der Waals surface area contributed by atoms with Gasteiger partial charge in [0.15, 0.2) is 11.6 Å². The zero-order chi connectivity index (χ0) is 38.3. The molecule has 11 aromatic rings. The van der Waals surface area contributed by atoms with Crippen LogP contribution in [0, 0.1) is 0 Å². The van der Waals surface area contributed by atoms with Crippen LogP contribution < -0.4 is 0 Å². The predicted octanol–water partition coefficient (Wildman–Crippen LogP) is 13.2. The molecule has 6 heteroatoms. The third-order valence-electron chi connectivity index (χ3n) is 11.8. The van der Waals surface area contributed by atoms with Crippen molar-refractivity contribution in [2.24, 2.45) is 0 Å². The summed E-state index contributed by atoms with van der Waals surface area (Å²) in [5, 5.41) is 5.78. The van der Waals surface area contributed by atoms with Crippen LogP contribution in [0.25, 0.3) is 100 Å². The van der Waals surface area contributed by atoms with Crippen molar-refractivity contribution >= 4 is 66.3 Å². The minimum atomic E-state index is 0.174. The van der Waals surface area contributed by atoms with E-state index in [9.17, 15) is 0 Å². The maximum Gasteiger partial charge on any atom is 0.238 e. The molecule has 7 aromatic carbocycles. The Labute approximate surface area is 334 Å². The van der Waals surface area contributed by atoms with Crippen molar-refractivity contribution in [3.05, 3.63) is 187 Å². The summed E-state index contributed by atoms with van der Waals surface area (Å²) in [5.74, 6) is 2.13. The average Bonchev–Trinajstić information content (AvgIpc) is 3.94. The first-order chi connectivity index (χ1) is 28.7. The van der Waals surface area contributed by atoms with Crippen LogP contribution in [0.2, 0.25) is 0 Å². The second kappa shape index (κ2) is 12.7. The Morgan fingerprint density at radius 3 is 1.83 bits per heavy atom. The number of furan rings is 1. The first kappa shape index (κ1) is 32.7. The van der Waals surface area contributed by atoms with Crippen molar-refractivity contribution in [1.29, 1.82) is 0 Å². The summed E-state index contributed by atoms with van der Waals surface area (Å²) in [7, 11) is 0. The molecular formula is C52H35N5O. The Kier molecular flexibility index (Phi) is 7.17. The van der Waals surface area contributed by atoms with Gasteiger partial charge in [-0.15, -0.1) is 0 Å². The maximum absolute atomic E-state index is 6.19. The molecule has 0 N–H and O–H groups in total. The Bertz CT molecular complexity index is 3390. The minimum Gasteiger partial charge on any atom is -0.456 e. The van der Waals surface area contributed by atoms with Crippen molar-refractivity contribution in [2.75, 3.05) is 0 Å². The van der Waals surface area contributed by atoms with Gasteiger partial charge in [-0.05, 0) is 83.8 Å². The van der Waals surface area contributed by atoms with E-state index < -0.39 is 0 Å². The number of hydrogen-bond donors (Lipinski definition) is 0. The molecule has 1 unspecified atom stereocenters. The minimum absolute atomic E-state index is 0.174. The number of nitrogens with zero attached hydrogens (tertiary/aromatic N) is 5. The molecule has 0 radical (unpaired) electrons. The van der Waals surface area contributed by atoms with Crippen molar-refractivity contribution in [1.82, 2.24) is 24.1 Å². The summed E-state index contributed by atoms with van der Waals surface area (Å²) in [5.41, 5.74) is 13.1. The molecule has 0 aliphatic heterocycles. The second-order valence-corrected chi connectivity index (χ2v) is 15.3. The fourth-order valence-corrected chi connectivity index (χ4v) is 9.19. The summed E-state index contributed by atoms with van der Waals surface area (Å²) in [6, 6.07) is 59.6. The standard InChI is InChI=1S/C52H35N5O/c1-32-28-36(51-53-50(33-14-4-2-5-15-33)54-52(55-51)57-44-21-11-8-18-38(44)39-19-9-12-22-45(39)57)31-43-41-29-34(24-26-46(41)56(49(32)43)37-16-6-3-7-17-37)35-25-27-48-42(30-35)40-20-10-13-23-47(40)58-48/h2-27,29-32H,28H2,1H3. The fraction of sp³-hybridized carbons (Fsp3) is 0.0577. The normalized spacial score (nSPS) is 14.2. The van der Waals surface area contributed by atoms with Gasteiger partial charge in [-0.2, -0.15) is 9.97 Å². The Morgan fingerprint density at radius 2 is 1.07 bits per heavy atom. The van der Waals surface area contributed by atoms with Gasteiger partial charge in [0.25, 0.3) is 0 Å². The number of hydrogen-bond acceptors (Lipinski definition) is 4. The summed E-state index contributed by atoms with van der Waals surface area (Å²) in [6.45, 7) is 2.33. The van der Waals surface area contributed by atoms with Gasteiger partial charge in [0.1, 0.15) is 11.2 Å². The van der Waals surface area contributed by atoms with E-state index in [2.05, 4.69) is 162 Å². The molecule has 274 valence electrons. The molecule has 1 aliphatic rings. The van der Waals surface area contributed by atoms with Crippen molar-refractivity contribution in [3.8, 4) is 34.2 Å². The smallest absolute Gasteiger partial charge is 0.238 e. The molecule has 0 saturated carbocycles. The number of para-hydroxylation sites is 4. The Hall–Kier alpha value is -7.57. The molecule has 1 aliphatic carbocycles. The molecule has 0 spiro atoms. The van der Waals surface area contributed by atoms with Crippen LogP contribution in [0.5, 0.6) is 0 Å². The first-order valence-corrected chi connectivity index (χ1v) is 19.8. The Balaban J connectivity index is 1.09. The van der Waals surface area contributed by atoms with Gasteiger partial charge < -0.3 is 8.98 Å². The van der Waals surface area contributed by atoms with Crippen molar-refractivity contribution in [3.63, 3.8) is 0 Å². The van der Waals surface area contributed by atoms with Crippen LogP contribution in [0.1, 0.15) is 36.3 Å². The Morgan fingerprint density at radius 1 is 0.483 bits per heavy atom. The lowest BCUT2D eigenvalue weighted by Gasteiger charge is -2.23. The van der Waals surface area contributed by atoms with E-state index in [1.807, 2.05) is 30.3 Å². The van der Waals surface area contributed by atoms with E-state index >= 15 is 0 Å². The lowest BCUT2D eigenvalue weighted by Crippen LogP contribution is -2.12. The lowest BCUT2D eigenvalue weighted by molar-refractivity contribution is 0.669. The van der Waals surface area contributed by atoms with Gasteiger partial charge in [0.2, 0.25) is 5.95 Å². The molecule has 4 aromatic heterocycles. The quantitative estimate of drug-likeness (QED) is 0.176. The van der Waals surface area contributed by atoms with Crippen molar-refractivity contribution in [2.45, 2.75) is 19.3 Å². The van der Waals surface area contributed by atoms with Gasteiger partial charge >= 0.3 is 0 Å². The summed E-state index contributed by atoms with van der Waals surface area (Å²) in [4.78, 5) is 15.8. The predicted molar refractivity (Wildman–Crippen MR) is 236 cm³/mol. The fourth-order valence-electron chi connectivity index (χ4n) is 9.19. The highest BCUT2D eigenvalue weighted by Crippen LogP contribution is 2.45. The van der Waals surface area contributed by atoms with Gasteiger partial charge in [0, 0.05) is 55.4 Å². The molecule has 6 nitrogen and oxygen atoms in total. The SMILES string of the molecule is CC1CC(c2nc(-c3ccccc3)nc(-n3c4ccccc4c4ccccc43)n2)=Cc2c1n(-c1ccccc1)c1ccc(-c3ccc4oc5ccccc5c4c3)cc21. The number of benzene rings is 7. The highest BCUT2D eigenvalue weighted by atomic mass is 16.3. The highest BCUT2D eigenvalue weighted by molar-refractivity contribution is 6.09. The number of allylic oxidation sites excluding steroid dienone is 1. The first-order valence-electron chi connectivity index (χ1n) is 19.8. The maximum atomic E-state index is 6.19. The highest BCUT2D eigenvalue weighted by Gasteiger charge is 2.29. The molecule has 0 fully saturated rings. The zero-order valence-electron chi connectivity index (χ0n) is 31.7. The zero-order valence-corrected chi connectivity index (χ0v) is 31.7. The van der Waals surface area contributed by atoms with Crippen LogP contribution in [-0.4, -0.2) is 24.1 Å². The van der Waals surface area contributed by atoms with Gasteiger partial charge in [-0.3, -0.25) is 4.57 Å². The summed E-state index contributed by atoms with van der Waals surface area (Å²) in [6.07, 6.45) is 3.12. The van der Waals surface area contributed by atoms with Crippen LogP contribution in [-0.2, 0) is 0 Å². The lowest BCUT2D eigenvalue weighted by atomic mass is 9.87. The third kappa shape index (κ3) is 5.01. The monoisotopic (exact) mass is 745 g/mol. The van der Waals surface area contributed by atoms with E-state index in [1.165, 1.54) is 32.9 Å². The molecule has 4 heterocycles. The number of aromatic nitrogens is 5. The largest absolute Gasteiger partial charge is 0.456 e. The van der Waals surface area contributed by atoms with Gasteiger partial charge in [-0.25, -0.2) is 4.98 Å². The van der Waals surface area contributed by atoms with Crippen LogP contribution in [0.15, 0.2) is 174 Å². The van der Waals surface area contributed by atoms with E-state index in [1.54, 1.807) is 0 Å². The summed E-state index contributed by atoms with van der Waals surface area (Å²) < 4.78 is 10.8. The van der Waals surface area contributed by atoms with Crippen LogP contribution >= 0.6 is 0 Å². The number of rotatable bonds is 5. The molecule has 0 amide bonds. The van der Waals surface area contributed by atoms with E-state index in [4.69, 9.17) is 19.4 Å². The van der Waals surface area contributed by atoms with E-state index in [0.29, 0.717) is 17.6 Å². The average molecular weight is 746 g/mol. The molecule has 0 bridgehead atoms. The molecule has 1 atom stereocenters.